The number of nitrogens with zero attached hydrogens (tertiary/aromatic N) is 2. The molecule has 1 aromatic carbocycles. The Morgan fingerprint density at radius 1 is 1.28 bits per heavy atom. The number of hydrogen-bond donors (Lipinski definition) is 2. The molecule has 0 radical (unpaired) electrons. The van der Waals surface area contributed by atoms with Crippen LogP contribution in [0.4, 0.5) is 13.2 Å². The number of hydrogen-bond acceptors (Lipinski definition) is 4. The highest BCUT2D eigenvalue weighted by Gasteiger charge is 2.40. The Balaban J connectivity index is 1.66. The molecule has 0 spiro atoms. The summed E-state index contributed by atoms with van der Waals surface area (Å²) in [4.78, 5) is 7.03. The second kappa shape index (κ2) is 10.0. The van der Waals surface area contributed by atoms with Gasteiger partial charge < -0.3 is 15.4 Å². The molecule has 0 aliphatic carbocycles. The zero-order chi connectivity index (χ0) is 20.7. The summed E-state index contributed by atoms with van der Waals surface area (Å²) in [6.45, 7) is 7.00. The van der Waals surface area contributed by atoms with E-state index < -0.39 is 11.7 Å². The number of nitrogens with one attached hydrogen (secondary N) is 2. The van der Waals surface area contributed by atoms with Gasteiger partial charge >= 0.3 is 6.18 Å². The van der Waals surface area contributed by atoms with Crippen LogP contribution in [0.3, 0.4) is 0 Å². The minimum atomic E-state index is -4.34. The standard InChI is InChI=1S/C20H29F3N4OS/c1-2-24-18(25-13-16-4-3-5-17(12-16)20(21,22)23)26-14-19(6-11-29-15-19)27-7-9-28-10-8-27/h3-5,12H,2,6-11,13-15H2,1H3,(H2,24,25,26). The van der Waals surface area contributed by atoms with Crippen molar-refractivity contribution in [1.29, 1.82) is 0 Å². The average Bonchev–Trinajstić information content (AvgIpc) is 3.21. The fraction of sp³-hybridized carbons (Fsp3) is 0.650. The predicted molar refractivity (Wildman–Crippen MR) is 111 cm³/mol. The largest absolute Gasteiger partial charge is 0.416 e. The van der Waals surface area contributed by atoms with Crippen LogP contribution in [0.1, 0.15) is 24.5 Å². The number of rotatable bonds is 6. The molecule has 2 saturated heterocycles. The Labute approximate surface area is 174 Å². The Morgan fingerprint density at radius 3 is 2.72 bits per heavy atom. The van der Waals surface area contributed by atoms with Crippen molar-refractivity contribution in [3.8, 4) is 0 Å². The Bertz CT molecular complexity index is 687. The smallest absolute Gasteiger partial charge is 0.379 e. The van der Waals surface area contributed by atoms with E-state index in [1.807, 2.05) is 18.7 Å². The van der Waals surface area contributed by atoms with E-state index in [0.29, 0.717) is 18.1 Å². The van der Waals surface area contributed by atoms with Gasteiger partial charge in [-0.1, -0.05) is 12.1 Å². The van der Waals surface area contributed by atoms with Crippen LogP contribution in [0.2, 0.25) is 0 Å². The zero-order valence-electron chi connectivity index (χ0n) is 16.7. The first-order chi connectivity index (χ1) is 13.9. The van der Waals surface area contributed by atoms with Gasteiger partial charge in [-0.15, -0.1) is 0 Å². The van der Waals surface area contributed by atoms with Gasteiger partial charge in [0.25, 0.3) is 0 Å². The summed E-state index contributed by atoms with van der Waals surface area (Å²) in [6.07, 6.45) is -3.23. The van der Waals surface area contributed by atoms with Gasteiger partial charge in [0.05, 0.1) is 25.3 Å². The van der Waals surface area contributed by atoms with Crippen LogP contribution in [0, 0.1) is 0 Å². The minimum Gasteiger partial charge on any atom is -0.379 e. The lowest BCUT2D eigenvalue weighted by Crippen LogP contribution is -2.60. The van der Waals surface area contributed by atoms with E-state index in [2.05, 4.69) is 20.5 Å². The maximum atomic E-state index is 12.9. The molecule has 2 aliphatic rings. The molecule has 5 nitrogen and oxygen atoms in total. The SMILES string of the molecule is CCNC(=NCc1cccc(C(F)(F)F)c1)NCC1(N2CCOCC2)CCSC1. The molecule has 2 N–H and O–H groups in total. The van der Waals surface area contributed by atoms with E-state index in [-0.39, 0.29) is 12.1 Å². The summed E-state index contributed by atoms with van der Waals surface area (Å²) >= 11 is 1.96. The van der Waals surface area contributed by atoms with Gasteiger partial charge in [0.2, 0.25) is 0 Å². The predicted octanol–water partition coefficient (Wildman–Crippen LogP) is 2.97. The van der Waals surface area contributed by atoms with E-state index in [1.165, 1.54) is 6.07 Å². The number of guanidine groups is 1. The molecule has 1 atom stereocenters. The quantitative estimate of drug-likeness (QED) is 0.537. The van der Waals surface area contributed by atoms with Crippen molar-refractivity contribution >= 4 is 17.7 Å². The maximum absolute atomic E-state index is 12.9. The normalized spacial score (nSPS) is 23.9. The number of alkyl halides is 3. The second-order valence-electron chi connectivity index (χ2n) is 7.37. The van der Waals surface area contributed by atoms with Gasteiger partial charge in [-0.2, -0.15) is 24.9 Å². The third-order valence-electron chi connectivity index (χ3n) is 5.37. The second-order valence-corrected chi connectivity index (χ2v) is 8.48. The molecule has 3 rings (SSSR count). The number of halogens is 3. The first kappa shape index (κ1) is 22.2. The molecule has 2 fully saturated rings. The molecule has 1 unspecified atom stereocenters. The first-order valence-electron chi connectivity index (χ1n) is 10.0. The van der Waals surface area contributed by atoms with E-state index in [1.54, 1.807) is 6.07 Å². The number of benzene rings is 1. The van der Waals surface area contributed by atoms with Gasteiger partial charge in [-0.25, -0.2) is 4.99 Å². The third-order valence-corrected chi connectivity index (χ3v) is 6.60. The van der Waals surface area contributed by atoms with Crippen molar-refractivity contribution in [3.05, 3.63) is 35.4 Å². The zero-order valence-corrected chi connectivity index (χ0v) is 17.5. The average molecular weight is 431 g/mol. The van der Waals surface area contributed by atoms with E-state index in [0.717, 1.165) is 62.9 Å². The molecule has 2 aliphatic heterocycles. The van der Waals surface area contributed by atoms with Gasteiger partial charge in [0, 0.05) is 37.5 Å². The summed E-state index contributed by atoms with van der Waals surface area (Å²) < 4.78 is 44.3. The first-order valence-corrected chi connectivity index (χ1v) is 11.2. The van der Waals surface area contributed by atoms with Crippen LogP contribution in [-0.4, -0.2) is 67.3 Å². The molecule has 0 amide bonds. The van der Waals surface area contributed by atoms with Crippen molar-refractivity contribution in [2.24, 2.45) is 4.99 Å². The minimum absolute atomic E-state index is 0.0703. The lowest BCUT2D eigenvalue weighted by atomic mass is 9.95. The van der Waals surface area contributed by atoms with Crippen LogP contribution in [0.15, 0.2) is 29.3 Å². The molecular formula is C20H29F3N4OS. The van der Waals surface area contributed by atoms with Crippen LogP contribution in [0.25, 0.3) is 0 Å². The Kier molecular flexibility index (Phi) is 7.70. The molecule has 162 valence electrons. The van der Waals surface area contributed by atoms with E-state index in [4.69, 9.17) is 4.74 Å². The summed E-state index contributed by atoms with van der Waals surface area (Å²) in [5.74, 6) is 2.83. The van der Waals surface area contributed by atoms with E-state index >= 15 is 0 Å². The molecule has 0 aromatic heterocycles. The number of morpholine rings is 1. The van der Waals surface area contributed by atoms with Crippen LogP contribution >= 0.6 is 11.8 Å². The lowest BCUT2D eigenvalue weighted by molar-refractivity contribution is -0.137. The lowest BCUT2D eigenvalue weighted by Gasteiger charge is -2.43. The van der Waals surface area contributed by atoms with Gasteiger partial charge in [0.1, 0.15) is 0 Å². The van der Waals surface area contributed by atoms with Gasteiger partial charge in [0.15, 0.2) is 5.96 Å². The monoisotopic (exact) mass is 430 g/mol. The fourth-order valence-corrected chi connectivity index (χ4v) is 5.22. The van der Waals surface area contributed by atoms with Crippen molar-refractivity contribution in [3.63, 3.8) is 0 Å². The highest BCUT2D eigenvalue weighted by molar-refractivity contribution is 7.99. The molecular weight excluding hydrogens is 401 g/mol. The summed E-state index contributed by atoms with van der Waals surface area (Å²) in [5.41, 5.74) is -0.0327. The Hall–Kier alpha value is -1.45. The number of aliphatic imine (C=N–C) groups is 1. The molecule has 9 heteroatoms. The molecule has 0 bridgehead atoms. The third kappa shape index (κ3) is 6.02. The van der Waals surface area contributed by atoms with Gasteiger partial charge in [-0.05, 0) is 36.8 Å². The molecule has 29 heavy (non-hydrogen) atoms. The molecule has 1 aromatic rings. The fourth-order valence-electron chi connectivity index (χ4n) is 3.74. The van der Waals surface area contributed by atoms with Crippen molar-refractivity contribution in [1.82, 2.24) is 15.5 Å². The van der Waals surface area contributed by atoms with Crippen molar-refractivity contribution in [2.75, 3.05) is 50.9 Å². The number of ether oxygens (including phenoxy) is 1. The van der Waals surface area contributed by atoms with Gasteiger partial charge in [-0.3, -0.25) is 4.90 Å². The topological polar surface area (TPSA) is 48.9 Å². The van der Waals surface area contributed by atoms with Crippen LogP contribution in [-0.2, 0) is 17.5 Å². The highest BCUT2D eigenvalue weighted by Crippen LogP contribution is 2.33. The maximum Gasteiger partial charge on any atom is 0.416 e. The van der Waals surface area contributed by atoms with Crippen LogP contribution in [0.5, 0.6) is 0 Å². The molecule has 0 saturated carbocycles. The van der Waals surface area contributed by atoms with E-state index in [9.17, 15) is 13.2 Å². The molecule has 2 heterocycles. The highest BCUT2D eigenvalue weighted by atomic mass is 32.2. The van der Waals surface area contributed by atoms with Crippen LogP contribution < -0.4 is 10.6 Å². The summed E-state index contributed by atoms with van der Waals surface area (Å²) in [6, 6.07) is 5.35. The summed E-state index contributed by atoms with van der Waals surface area (Å²) in [5, 5.41) is 6.65. The number of thioether (sulfide) groups is 1. The Morgan fingerprint density at radius 2 is 2.07 bits per heavy atom. The summed E-state index contributed by atoms with van der Waals surface area (Å²) in [7, 11) is 0. The van der Waals surface area contributed by atoms with Crippen molar-refractivity contribution < 1.29 is 17.9 Å². The van der Waals surface area contributed by atoms with Crippen molar-refractivity contribution in [2.45, 2.75) is 31.6 Å².